The number of esters is 1. The third kappa shape index (κ3) is 18.0. The van der Waals surface area contributed by atoms with Gasteiger partial charge in [0, 0.05) is 12.8 Å². The van der Waals surface area contributed by atoms with Gasteiger partial charge in [-0.3, -0.25) is 9.18 Å². The number of allylic oxidation sites excluding steroid dienone is 4. The van der Waals surface area contributed by atoms with Crippen molar-refractivity contribution >= 4 is 5.97 Å². The van der Waals surface area contributed by atoms with Gasteiger partial charge in [-0.05, 0) is 57.9 Å². The third-order valence-corrected chi connectivity index (χ3v) is 4.47. The van der Waals surface area contributed by atoms with Crippen molar-refractivity contribution in [2.45, 2.75) is 97.0 Å². The Morgan fingerprint density at radius 3 is 2.46 bits per heavy atom. The second-order valence-corrected chi connectivity index (χ2v) is 7.02. The lowest BCUT2D eigenvalue weighted by molar-refractivity contribution is -0.143. The maximum atomic E-state index is 12.0. The molecule has 1 N–H and O–H groups in total. The van der Waals surface area contributed by atoms with Crippen molar-refractivity contribution in [3.05, 3.63) is 24.0 Å². The van der Waals surface area contributed by atoms with Gasteiger partial charge in [0.05, 0.1) is 31.8 Å². The van der Waals surface area contributed by atoms with E-state index in [0.717, 1.165) is 63.5 Å². The van der Waals surface area contributed by atoms with Crippen LogP contribution in [0.1, 0.15) is 90.9 Å². The molecule has 1 atom stereocenters. The van der Waals surface area contributed by atoms with E-state index >= 15 is 0 Å². The highest BCUT2D eigenvalue weighted by Gasteiger charge is 2.05. The van der Waals surface area contributed by atoms with Crippen LogP contribution < -0.4 is 0 Å². The predicted molar refractivity (Wildman–Crippen MR) is 113 cm³/mol. The van der Waals surface area contributed by atoms with E-state index < -0.39 is 0 Å². The molecule has 0 aromatic rings. The van der Waals surface area contributed by atoms with E-state index in [1.54, 1.807) is 6.92 Å². The second-order valence-electron chi connectivity index (χ2n) is 7.02. The minimum absolute atomic E-state index is 0.186. The molecular formula is C23H41FO4. The average molecular weight is 401 g/mol. The molecule has 28 heavy (non-hydrogen) atoms. The summed E-state index contributed by atoms with van der Waals surface area (Å²) in [4.78, 5) is 11.4. The number of hydrogen-bond donors (Lipinski definition) is 1. The summed E-state index contributed by atoms with van der Waals surface area (Å²) in [6, 6.07) is 0. The van der Waals surface area contributed by atoms with Crippen molar-refractivity contribution in [1.82, 2.24) is 0 Å². The number of carbonyl (C=O) groups excluding carboxylic acids is 1. The lowest BCUT2D eigenvalue weighted by Crippen LogP contribution is -2.06. The number of alkyl halides is 1. The smallest absolute Gasteiger partial charge is 0.305 e. The van der Waals surface area contributed by atoms with Gasteiger partial charge >= 0.3 is 5.97 Å². The Balaban J connectivity index is 4.20. The van der Waals surface area contributed by atoms with Crippen LogP contribution in [0.15, 0.2) is 24.0 Å². The molecule has 0 aliphatic carbocycles. The van der Waals surface area contributed by atoms with Crippen LogP contribution in [0.3, 0.4) is 0 Å². The first-order valence-electron chi connectivity index (χ1n) is 11.0. The fourth-order valence-corrected chi connectivity index (χ4v) is 2.73. The molecule has 0 aromatic heterocycles. The van der Waals surface area contributed by atoms with Gasteiger partial charge < -0.3 is 14.6 Å². The Kier molecular flexibility index (Phi) is 19.4. The predicted octanol–water partition coefficient (Wildman–Crippen LogP) is 6.04. The Bertz CT molecular complexity index is 421. The molecule has 0 saturated carbocycles. The fraction of sp³-hybridized carbons (Fsp3) is 0.783. The van der Waals surface area contributed by atoms with Gasteiger partial charge in [-0.2, -0.15) is 0 Å². The third-order valence-electron chi connectivity index (χ3n) is 4.47. The van der Waals surface area contributed by atoms with Crippen LogP contribution in [0.5, 0.6) is 0 Å². The van der Waals surface area contributed by atoms with Crippen molar-refractivity contribution in [1.29, 1.82) is 0 Å². The van der Waals surface area contributed by atoms with Crippen LogP contribution in [-0.4, -0.2) is 37.1 Å². The zero-order chi connectivity index (χ0) is 20.9. The van der Waals surface area contributed by atoms with Crippen LogP contribution in [0.4, 0.5) is 4.39 Å². The van der Waals surface area contributed by atoms with E-state index in [4.69, 9.17) is 9.47 Å². The molecule has 0 radical (unpaired) electrons. The van der Waals surface area contributed by atoms with Crippen LogP contribution in [0, 0.1) is 0 Å². The number of ether oxygens (including phenoxy) is 2. The van der Waals surface area contributed by atoms with E-state index in [1.807, 2.05) is 19.1 Å². The van der Waals surface area contributed by atoms with Crippen molar-refractivity contribution in [2.24, 2.45) is 0 Å². The lowest BCUT2D eigenvalue weighted by Gasteiger charge is -2.12. The summed E-state index contributed by atoms with van der Waals surface area (Å²) in [5.74, 6) is 0.709. The molecule has 0 aliphatic heterocycles. The number of carbonyl (C=O) groups is 1. The Morgan fingerprint density at radius 2 is 1.75 bits per heavy atom. The molecule has 0 amide bonds. The molecule has 0 aromatic carbocycles. The fourth-order valence-electron chi connectivity index (χ4n) is 2.73. The topological polar surface area (TPSA) is 55.8 Å². The second kappa shape index (κ2) is 20.4. The first kappa shape index (κ1) is 26.6. The molecule has 0 bridgehead atoms. The summed E-state index contributed by atoms with van der Waals surface area (Å²) in [5, 5.41) is 9.70. The maximum Gasteiger partial charge on any atom is 0.305 e. The SMILES string of the molecule is CCOC(=O)CCCO/C(=C/C=C\CCCCCCCF)CCCC(O)CC. The Labute approximate surface area is 171 Å². The molecule has 0 aliphatic rings. The summed E-state index contributed by atoms with van der Waals surface area (Å²) in [5.41, 5.74) is 0. The van der Waals surface area contributed by atoms with Crippen LogP contribution >= 0.6 is 0 Å². The Hall–Kier alpha value is -1.36. The van der Waals surface area contributed by atoms with Gasteiger partial charge in [0.25, 0.3) is 0 Å². The molecule has 0 fully saturated rings. The minimum Gasteiger partial charge on any atom is -0.498 e. The number of aliphatic hydroxyl groups excluding tert-OH is 1. The van der Waals surface area contributed by atoms with E-state index in [1.165, 1.54) is 0 Å². The van der Waals surface area contributed by atoms with E-state index in [9.17, 15) is 14.3 Å². The first-order chi connectivity index (χ1) is 13.6. The largest absolute Gasteiger partial charge is 0.498 e. The number of unbranched alkanes of at least 4 members (excludes halogenated alkanes) is 5. The zero-order valence-electron chi connectivity index (χ0n) is 18.0. The lowest BCUT2D eigenvalue weighted by atomic mass is 10.1. The van der Waals surface area contributed by atoms with Crippen molar-refractivity contribution < 1.29 is 23.8 Å². The van der Waals surface area contributed by atoms with Crippen molar-refractivity contribution in [2.75, 3.05) is 19.9 Å². The highest BCUT2D eigenvalue weighted by atomic mass is 19.1. The van der Waals surface area contributed by atoms with E-state index in [0.29, 0.717) is 32.5 Å². The van der Waals surface area contributed by atoms with Gasteiger partial charge in [0.2, 0.25) is 0 Å². The van der Waals surface area contributed by atoms with Crippen LogP contribution in [0.2, 0.25) is 0 Å². The molecule has 164 valence electrons. The molecule has 0 spiro atoms. The van der Waals surface area contributed by atoms with Crippen LogP contribution in [0.25, 0.3) is 0 Å². The van der Waals surface area contributed by atoms with E-state index in [2.05, 4.69) is 6.08 Å². The highest BCUT2D eigenvalue weighted by molar-refractivity contribution is 5.69. The minimum atomic E-state index is -0.252. The molecule has 1 unspecified atom stereocenters. The average Bonchev–Trinajstić information content (AvgIpc) is 2.69. The molecule has 4 nitrogen and oxygen atoms in total. The van der Waals surface area contributed by atoms with Gasteiger partial charge in [0.15, 0.2) is 0 Å². The van der Waals surface area contributed by atoms with E-state index in [-0.39, 0.29) is 18.7 Å². The Morgan fingerprint density at radius 1 is 1.00 bits per heavy atom. The summed E-state index contributed by atoms with van der Waals surface area (Å²) in [6.45, 7) is 4.47. The number of rotatable bonds is 19. The summed E-state index contributed by atoms with van der Waals surface area (Å²) in [7, 11) is 0. The van der Waals surface area contributed by atoms with Crippen LogP contribution in [-0.2, 0) is 14.3 Å². The zero-order valence-corrected chi connectivity index (χ0v) is 18.0. The number of aliphatic hydroxyl groups is 1. The number of hydrogen-bond acceptors (Lipinski definition) is 4. The van der Waals surface area contributed by atoms with Gasteiger partial charge in [-0.15, -0.1) is 0 Å². The van der Waals surface area contributed by atoms with Gasteiger partial charge in [-0.25, -0.2) is 0 Å². The monoisotopic (exact) mass is 400 g/mol. The van der Waals surface area contributed by atoms with Crippen molar-refractivity contribution in [3.63, 3.8) is 0 Å². The standard InChI is InChI=1S/C23H41FO4/c1-3-21(25)15-13-17-22(28-20-14-18-23(26)27-4-2)16-11-9-7-5-6-8-10-12-19-24/h9,11,16,21,25H,3-8,10,12-15,17-20H2,1-2H3/b11-9-,22-16+. The quantitative estimate of drug-likeness (QED) is 0.124. The molecule has 0 heterocycles. The molecule has 0 rings (SSSR count). The summed E-state index contributed by atoms with van der Waals surface area (Å²) in [6.07, 6.45) is 16.1. The van der Waals surface area contributed by atoms with Crippen molar-refractivity contribution in [3.8, 4) is 0 Å². The summed E-state index contributed by atoms with van der Waals surface area (Å²) < 4.78 is 22.8. The number of halogens is 1. The molecule has 0 saturated heterocycles. The molecular weight excluding hydrogens is 359 g/mol. The maximum absolute atomic E-state index is 12.0. The first-order valence-corrected chi connectivity index (χ1v) is 11.0. The van der Waals surface area contributed by atoms with Gasteiger partial charge in [0.1, 0.15) is 0 Å². The normalized spacial score (nSPS) is 13.1. The highest BCUT2D eigenvalue weighted by Crippen LogP contribution is 2.14. The molecule has 5 heteroatoms. The summed E-state index contributed by atoms with van der Waals surface area (Å²) >= 11 is 0. The van der Waals surface area contributed by atoms with Gasteiger partial charge in [-0.1, -0.05) is 38.3 Å².